The van der Waals surface area contributed by atoms with Gasteiger partial charge in [-0.25, -0.2) is 0 Å². The summed E-state index contributed by atoms with van der Waals surface area (Å²) < 4.78 is 3.92. The van der Waals surface area contributed by atoms with Crippen molar-refractivity contribution in [2.24, 2.45) is 5.73 Å². The first-order valence-electron chi connectivity index (χ1n) is 6.42. The van der Waals surface area contributed by atoms with Crippen LogP contribution in [0.3, 0.4) is 0 Å². The van der Waals surface area contributed by atoms with E-state index in [1.54, 1.807) is 0 Å². The maximum Gasteiger partial charge on any atom is 0.267 e. The highest BCUT2D eigenvalue weighted by Crippen LogP contribution is 2.30. The van der Waals surface area contributed by atoms with Crippen molar-refractivity contribution in [1.29, 1.82) is 0 Å². The third kappa shape index (κ3) is 3.48. The van der Waals surface area contributed by atoms with E-state index in [9.17, 15) is 4.79 Å². The van der Waals surface area contributed by atoms with Gasteiger partial charge in [-0.3, -0.25) is 4.79 Å². The molecule has 0 spiro atoms. The van der Waals surface area contributed by atoms with Crippen LogP contribution in [0.15, 0.2) is 0 Å². The van der Waals surface area contributed by atoms with Gasteiger partial charge in [-0.05, 0) is 30.3 Å². The standard InChI is InChI=1S/C12H18N4OS2/c1-7(2)10-11(19-15-14-10)12(17)16(8-3-4-8)6-5-9(13)18/h7-8H,3-6H2,1-2H3,(H2,13,18). The largest absolute Gasteiger partial charge is 0.393 e. The van der Waals surface area contributed by atoms with Crippen LogP contribution in [0.2, 0.25) is 0 Å². The van der Waals surface area contributed by atoms with Gasteiger partial charge in [0, 0.05) is 19.0 Å². The predicted molar refractivity (Wildman–Crippen MR) is 79.5 cm³/mol. The minimum absolute atomic E-state index is 0.0254. The van der Waals surface area contributed by atoms with E-state index in [0.717, 1.165) is 18.5 Å². The van der Waals surface area contributed by atoms with E-state index in [-0.39, 0.29) is 11.8 Å². The first-order valence-corrected chi connectivity index (χ1v) is 7.60. The number of nitrogens with zero attached hydrogens (tertiary/aromatic N) is 3. The summed E-state index contributed by atoms with van der Waals surface area (Å²) in [5, 5.41) is 4.06. The summed E-state index contributed by atoms with van der Waals surface area (Å²) >= 11 is 6.07. The topological polar surface area (TPSA) is 72.1 Å². The fraction of sp³-hybridized carbons (Fsp3) is 0.667. The van der Waals surface area contributed by atoms with E-state index < -0.39 is 0 Å². The Hall–Kier alpha value is -1.08. The second-order valence-corrected chi connectivity index (χ2v) is 6.37. The van der Waals surface area contributed by atoms with E-state index >= 15 is 0 Å². The Balaban J connectivity index is 2.14. The Morgan fingerprint density at radius 3 is 2.79 bits per heavy atom. The molecule has 1 aliphatic rings. The molecule has 0 bridgehead atoms. The van der Waals surface area contributed by atoms with Crippen LogP contribution in [0.4, 0.5) is 0 Å². The third-order valence-corrected chi connectivity index (χ3v) is 4.04. The molecule has 0 unspecified atom stereocenters. The lowest BCUT2D eigenvalue weighted by Gasteiger charge is -2.21. The third-order valence-electron chi connectivity index (χ3n) is 3.10. The fourth-order valence-electron chi connectivity index (χ4n) is 1.92. The quantitative estimate of drug-likeness (QED) is 0.813. The molecule has 1 aromatic heterocycles. The van der Waals surface area contributed by atoms with Crippen molar-refractivity contribution in [2.45, 2.75) is 45.1 Å². The Morgan fingerprint density at radius 2 is 2.26 bits per heavy atom. The zero-order valence-electron chi connectivity index (χ0n) is 11.1. The van der Waals surface area contributed by atoms with Crippen molar-refractivity contribution in [3.05, 3.63) is 10.6 Å². The number of nitrogens with two attached hydrogens (primary N) is 1. The highest BCUT2D eigenvalue weighted by atomic mass is 32.1. The summed E-state index contributed by atoms with van der Waals surface area (Å²) in [6.07, 6.45) is 2.69. The molecule has 0 aliphatic heterocycles. The molecule has 104 valence electrons. The van der Waals surface area contributed by atoms with Crippen LogP contribution in [-0.2, 0) is 0 Å². The summed E-state index contributed by atoms with van der Waals surface area (Å²) in [4.78, 5) is 15.6. The minimum Gasteiger partial charge on any atom is -0.393 e. The summed E-state index contributed by atoms with van der Waals surface area (Å²) in [7, 11) is 0. The molecule has 0 saturated heterocycles. The maximum atomic E-state index is 12.6. The molecule has 0 atom stereocenters. The van der Waals surface area contributed by atoms with E-state index in [0.29, 0.717) is 28.9 Å². The minimum atomic E-state index is 0.0254. The van der Waals surface area contributed by atoms with Crippen molar-refractivity contribution in [3.63, 3.8) is 0 Å². The zero-order valence-corrected chi connectivity index (χ0v) is 12.8. The van der Waals surface area contributed by atoms with Gasteiger partial charge in [0.2, 0.25) is 0 Å². The van der Waals surface area contributed by atoms with Gasteiger partial charge in [0.05, 0.1) is 10.7 Å². The van der Waals surface area contributed by atoms with Crippen LogP contribution in [0.5, 0.6) is 0 Å². The van der Waals surface area contributed by atoms with Gasteiger partial charge < -0.3 is 10.6 Å². The van der Waals surface area contributed by atoms with Gasteiger partial charge in [0.25, 0.3) is 5.91 Å². The molecule has 19 heavy (non-hydrogen) atoms. The second kappa shape index (κ2) is 5.92. The molecule has 0 aromatic carbocycles. The monoisotopic (exact) mass is 298 g/mol. The average molecular weight is 298 g/mol. The van der Waals surface area contributed by atoms with E-state index in [4.69, 9.17) is 18.0 Å². The summed E-state index contributed by atoms with van der Waals surface area (Å²) in [5.41, 5.74) is 6.32. The van der Waals surface area contributed by atoms with Crippen molar-refractivity contribution in [1.82, 2.24) is 14.5 Å². The normalized spacial score (nSPS) is 14.7. The van der Waals surface area contributed by atoms with Crippen LogP contribution in [0.25, 0.3) is 0 Å². The average Bonchev–Trinajstić information content (AvgIpc) is 3.04. The van der Waals surface area contributed by atoms with Gasteiger partial charge in [-0.1, -0.05) is 30.6 Å². The highest BCUT2D eigenvalue weighted by Gasteiger charge is 2.35. The molecule has 7 heteroatoms. The summed E-state index contributed by atoms with van der Waals surface area (Å²) in [6, 6.07) is 0.337. The molecule has 1 aromatic rings. The number of carbonyl (C=O) groups excluding carboxylic acids is 1. The molecule has 2 rings (SSSR count). The fourth-order valence-corrected chi connectivity index (χ4v) is 2.79. The van der Waals surface area contributed by atoms with Crippen LogP contribution in [-0.4, -0.2) is 38.0 Å². The SMILES string of the molecule is CC(C)c1nnsc1C(=O)N(CCC(N)=S)C1CC1. The molecule has 1 saturated carbocycles. The number of hydrogen-bond acceptors (Lipinski definition) is 5. The molecule has 0 radical (unpaired) electrons. The summed E-state index contributed by atoms with van der Waals surface area (Å²) in [5.74, 6) is 0.229. The lowest BCUT2D eigenvalue weighted by atomic mass is 10.1. The van der Waals surface area contributed by atoms with Gasteiger partial charge in [0.15, 0.2) is 0 Å². The number of aromatic nitrogens is 2. The maximum absolute atomic E-state index is 12.6. The number of thiocarbonyl (C=S) groups is 1. The zero-order chi connectivity index (χ0) is 14.0. The van der Waals surface area contributed by atoms with Crippen molar-refractivity contribution in [3.8, 4) is 0 Å². The highest BCUT2D eigenvalue weighted by molar-refractivity contribution is 7.80. The lowest BCUT2D eigenvalue weighted by molar-refractivity contribution is 0.0751. The smallest absolute Gasteiger partial charge is 0.267 e. The van der Waals surface area contributed by atoms with Crippen molar-refractivity contribution < 1.29 is 4.79 Å². The molecule has 1 fully saturated rings. The molecule has 2 N–H and O–H groups in total. The van der Waals surface area contributed by atoms with Crippen LogP contribution in [0, 0.1) is 0 Å². The Kier molecular flexibility index (Phi) is 4.46. The van der Waals surface area contributed by atoms with Crippen molar-refractivity contribution >= 4 is 34.6 Å². The van der Waals surface area contributed by atoms with Gasteiger partial charge in [0.1, 0.15) is 4.88 Å². The Labute approximate surface area is 122 Å². The van der Waals surface area contributed by atoms with Gasteiger partial charge in [-0.15, -0.1) is 5.10 Å². The molecular formula is C12H18N4OS2. The van der Waals surface area contributed by atoms with Gasteiger partial charge >= 0.3 is 0 Å². The van der Waals surface area contributed by atoms with E-state index in [1.807, 2.05) is 18.7 Å². The number of carbonyl (C=O) groups is 1. The van der Waals surface area contributed by atoms with Gasteiger partial charge in [-0.2, -0.15) is 0 Å². The molecular weight excluding hydrogens is 280 g/mol. The Bertz CT molecular complexity index is 482. The Morgan fingerprint density at radius 1 is 1.58 bits per heavy atom. The number of rotatable bonds is 6. The lowest BCUT2D eigenvalue weighted by Crippen LogP contribution is -2.35. The predicted octanol–water partition coefficient (Wildman–Crippen LogP) is 1.94. The first-order chi connectivity index (χ1) is 9.00. The molecule has 1 amide bonds. The summed E-state index contributed by atoms with van der Waals surface area (Å²) in [6.45, 7) is 4.63. The van der Waals surface area contributed by atoms with E-state index in [1.165, 1.54) is 11.5 Å². The first kappa shape index (κ1) is 14.3. The van der Waals surface area contributed by atoms with E-state index in [2.05, 4.69) is 9.59 Å². The van der Waals surface area contributed by atoms with Crippen LogP contribution >= 0.6 is 23.8 Å². The number of amides is 1. The number of hydrogen-bond donors (Lipinski definition) is 1. The van der Waals surface area contributed by atoms with Crippen molar-refractivity contribution in [2.75, 3.05) is 6.54 Å². The molecule has 1 aliphatic carbocycles. The van der Waals surface area contributed by atoms with Crippen LogP contribution < -0.4 is 5.73 Å². The second-order valence-electron chi connectivity index (χ2n) is 5.09. The molecule has 1 heterocycles. The molecule has 5 nitrogen and oxygen atoms in total. The van der Waals surface area contributed by atoms with Crippen LogP contribution in [0.1, 0.15) is 54.4 Å².